The number of aromatic nitrogens is 2. The predicted molar refractivity (Wildman–Crippen MR) is 62.5 cm³/mol. The van der Waals surface area contributed by atoms with Crippen molar-refractivity contribution in [3.63, 3.8) is 0 Å². The summed E-state index contributed by atoms with van der Waals surface area (Å²) < 4.78 is 3.81. The van der Waals surface area contributed by atoms with Crippen LogP contribution in [0.4, 0.5) is 0 Å². The van der Waals surface area contributed by atoms with Crippen LogP contribution < -0.4 is 0 Å². The van der Waals surface area contributed by atoms with Gasteiger partial charge in [0.1, 0.15) is 4.88 Å². The monoisotopic (exact) mass is 243 g/mol. The maximum Gasteiger partial charge on any atom is 0.267 e. The van der Waals surface area contributed by atoms with Crippen molar-refractivity contribution >= 4 is 17.4 Å². The minimum atomic E-state index is -0.524. The smallest absolute Gasteiger partial charge is 0.267 e. The zero-order valence-corrected chi connectivity index (χ0v) is 10.6. The van der Waals surface area contributed by atoms with Crippen molar-refractivity contribution in [2.75, 3.05) is 13.6 Å². The number of carbonyl (C=O) groups excluding carboxylic acids is 1. The van der Waals surface area contributed by atoms with E-state index in [0.29, 0.717) is 11.4 Å². The zero-order valence-electron chi connectivity index (χ0n) is 9.80. The van der Waals surface area contributed by atoms with Crippen molar-refractivity contribution in [3.05, 3.63) is 10.6 Å². The van der Waals surface area contributed by atoms with Gasteiger partial charge < -0.3 is 10.0 Å². The molecule has 1 atom stereocenters. The van der Waals surface area contributed by atoms with Gasteiger partial charge >= 0.3 is 0 Å². The standard InChI is InChI=1S/C10H17N3O2S/c1-4-5-8-9(16-12-11-8)10(15)13(3)6-7(2)14/h7,14H,4-6H2,1-3H3. The van der Waals surface area contributed by atoms with Crippen LogP contribution in [0.1, 0.15) is 35.6 Å². The van der Waals surface area contributed by atoms with E-state index in [1.807, 2.05) is 6.92 Å². The molecule has 0 radical (unpaired) electrons. The molecule has 90 valence electrons. The highest BCUT2D eigenvalue weighted by molar-refractivity contribution is 7.07. The molecule has 0 aliphatic carbocycles. The molecule has 0 fully saturated rings. The molecule has 16 heavy (non-hydrogen) atoms. The first-order valence-electron chi connectivity index (χ1n) is 5.31. The highest BCUT2D eigenvalue weighted by Crippen LogP contribution is 2.14. The molecule has 1 amide bonds. The maximum absolute atomic E-state index is 12.0. The second kappa shape index (κ2) is 5.91. The van der Waals surface area contributed by atoms with E-state index in [1.165, 1.54) is 4.90 Å². The quantitative estimate of drug-likeness (QED) is 0.836. The van der Waals surface area contributed by atoms with Crippen LogP contribution in [0.3, 0.4) is 0 Å². The first-order valence-corrected chi connectivity index (χ1v) is 6.08. The molecule has 0 spiro atoms. The van der Waals surface area contributed by atoms with Gasteiger partial charge in [-0.25, -0.2) is 0 Å². The molecule has 0 aliphatic rings. The Hall–Kier alpha value is -1.01. The van der Waals surface area contributed by atoms with E-state index in [0.717, 1.165) is 30.1 Å². The number of aryl methyl sites for hydroxylation is 1. The van der Waals surface area contributed by atoms with Crippen LogP contribution in [0.5, 0.6) is 0 Å². The molecule has 1 N–H and O–H groups in total. The van der Waals surface area contributed by atoms with Gasteiger partial charge in [0.2, 0.25) is 0 Å². The Morgan fingerprint density at radius 2 is 2.31 bits per heavy atom. The lowest BCUT2D eigenvalue weighted by atomic mass is 10.2. The van der Waals surface area contributed by atoms with Crippen LogP contribution >= 0.6 is 11.5 Å². The summed E-state index contributed by atoms with van der Waals surface area (Å²) in [5.41, 5.74) is 0.759. The van der Waals surface area contributed by atoms with Crippen LogP contribution in [0.15, 0.2) is 0 Å². The maximum atomic E-state index is 12.0. The van der Waals surface area contributed by atoms with Crippen LogP contribution in [-0.4, -0.2) is 45.2 Å². The van der Waals surface area contributed by atoms with Gasteiger partial charge in [-0.3, -0.25) is 4.79 Å². The fraction of sp³-hybridized carbons (Fsp3) is 0.700. The van der Waals surface area contributed by atoms with Crippen molar-refractivity contribution < 1.29 is 9.90 Å². The van der Waals surface area contributed by atoms with Gasteiger partial charge in [0.05, 0.1) is 11.8 Å². The fourth-order valence-electron chi connectivity index (χ4n) is 1.42. The lowest BCUT2D eigenvalue weighted by molar-refractivity contribution is 0.0707. The van der Waals surface area contributed by atoms with Gasteiger partial charge in [0.15, 0.2) is 0 Å². The van der Waals surface area contributed by atoms with E-state index in [9.17, 15) is 9.90 Å². The molecule has 1 aromatic rings. The highest BCUT2D eigenvalue weighted by atomic mass is 32.1. The first kappa shape index (κ1) is 13.1. The van der Waals surface area contributed by atoms with Gasteiger partial charge in [0, 0.05) is 13.6 Å². The molecule has 6 heteroatoms. The topological polar surface area (TPSA) is 66.3 Å². The molecule has 1 heterocycles. The number of rotatable bonds is 5. The number of carbonyl (C=O) groups is 1. The zero-order chi connectivity index (χ0) is 12.1. The summed E-state index contributed by atoms with van der Waals surface area (Å²) in [6.45, 7) is 4.01. The molecule has 0 aliphatic heterocycles. The van der Waals surface area contributed by atoms with E-state index in [4.69, 9.17) is 0 Å². The molecule has 5 nitrogen and oxygen atoms in total. The van der Waals surface area contributed by atoms with Crippen molar-refractivity contribution in [1.82, 2.24) is 14.5 Å². The summed E-state index contributed by atoms with van der Waals surface area (Å²) in [7, 11) is 1.67. The number of amides is 1. The first-order chi connectivity index (χ1) is 7.56. The number of hydrogen-bond donors (Lipinski definition) is 1. The SMILES string of the molecule is CCCc1nnsc1C(=O)N(C)CC(C)O. The highest BCUT2D eigenvalue weighted by Gasteiger charge is 2.20. The third-order valence-electron chi connectivity index (χ3n) is 2.12. The van der Waals surface area contributed by atoms with Crippen LogP contribution in [-0.2, 0) is 6.42 Å². The van der Waals surface area contributed by atoms with E-state index >= 15 is 0 Å². The summed E-state index contributed by atoms with van der Waals surface area (Å²) in [6, 6.07) is 0. The number of likely N-dealkylation sites (N-methyl/N-ethyl adjacent to an activating group) is 1. The summed E-state index contributed by atoms with van der Waals surface area (Å²) in [5.74, 6) is -0.112. The molecular formula is C10H17N3O2S. The van der Waals surface area contributed by atoms with Gasteiger partial charge in [-0.2, -0.15) is 0 Å². The Morgan fingerprint density at radius 3 is 2.88 bits per heavy atom. The Kier molecular flexibility index (Phi) is 4.82. The molecule has 1 unspecified atom stereocenters. The molecule has 0 saturated carbocycles. The second-order valence-corrected chi connectivity index (χ2v) is 4.59. The minimum Gasteiger partial charge on any atom is -0.392 e. The summed E-state index contributed by atoms with van der Waals surface area (Å²) in [4.78, 5) is 14.1. The van der Waals surface area contributed by atoms with Crippen molar-refractivity contribution in [3.8, 4) is 0 Å². The molecule has 1 aromatic heterocycles. The van der Waals surface area contributed by atoms with Crippen molar-refractivity contribution in [2.24, 2.45) is 0 Å². The fourth-order valence-corrected chi connectivity index (χ4v) is 2.13. The Labute approximate surface area is 99.3 Å². The van der Waals surface area contributed by atoms with Crippen LogP contribution in [0.2, 0.25) is 0 Å². The van der Waals surface area contributed by atoms with Crippen LogP contribution in [0, 0.1) is 0 Å². The van der Waals surface area contributed by atoms with Gasteiger partial charge in [-0.05, 0) is 24.9 Å². The van der Waals surface area contributed by atoms with E-state index < -0.39 is 6.10 Å². The van der Waals surface area contributed by atoms with Crippen molar-refractivity contribution in [2.45, 2.75) is 32.8 Å². The summed E-state index contributed by atoms with van der Waals surface area (Å²) in [5, 5.41) is 13.2. The lowest BCUT2D eigenvalue weighted by Crippen LogP contribution is -2.33. The Balaban J connectivity index is 2.75. The lowest BCUT2D eigenvalue weighted by Gasteiger charge is -2.17. The largest absolute Gasteiger partial charge is 0.392 e. The molecular weight excluding hydrogens is 226 g/mol. The average molecular weight is 243 g/mol. The minimum absolute atomic E-state index is 0.112. The summed E-state index contributed by atoms with van der Waals surface area (Å²) in [6.07, 6.45) is 1.18. The Morgan fingerprint density at radius 1 is 1.62 bits per heavy atom. The van der Waals surface area contributed by atoms with Gasteiger partial charge in [-0.1, -0.05) is 17.8 Å². The number of hydrogen-bond acceptors (Lipinski definition) is 5. The molecule has 1 rings (SSSR count). The third kappa shape index (κ3) is 3.24. The van der Waals surface area contributed by atoms with E-state index in [-0.39, 0.29) is 5.91 Å². The average Bonchev–Trinajstić information content (AvgIpc) is 2.64. The second-order valence-electron chi connectivity index (χ2n) is 3.83. The number of aliphatic hydroxyl groups excluding tert-OH is 1. The van der Waals surface area contributed by atoms with Crippen LogP contribution in [0.25, 0.3) is 0 Å². The molecule has 0 aromatic carbocycles. The van der Waals surface area contributed by atoms with E-state index in [1.54, 1.807) is 14.0 Å². The molecule has 0 bridgehead atoms. The predicted octanol–water partition coefficient (Wildman–Crippen LogP) is 0.943. The normalized spacial score (nSPS) is 12.5. The summed E-state index contributed by atoms with van der Waals surface area (Å²) >= 11 is 1.12. The number of aliphatic hydroxyl groups is 1. The molecule has 0 saturated heterocycles. The Bertz CT molecular complexity index is 352. The van der Waals surface area contributed by atoms with E-state index in [2.05, 4.69) is 9.59 Å². The third-order valence-corrected chi connectivity index (χ3v) is 2.88. The van der Waals surface area contributed by atoms with Crippen molar-refractivity contribution in [1.29, 1.82) is 0 Å². The van der Waals surface area contributed by atoms with Gasteiger partial charge in [0.25, 0.3) is 5.91 Å². The van der Waals surface area contributed by atoms with Gasteiger partial charge in [-0.15, -0.1) is 5.10 Å². The number of nitrogens with zero attached hydrogens (tertiary/aromatic N) is 3.